The number of amidine groups is 1. The van der Waals surface area contributed by atoms with Crippen LogP contribution in [0.2, 0.25) is 5.02 Å². The summed E-state index contributed by atoms with van der Waals surface area (Å²) >= 11 is 7.19. The zero-order valence-electron chi connectivity index (χ0n) is 12.7. The van der Waals surface area contributed by atoms with Crippen LogP contribution in [0, 0.1) is 12.1 Å². The summed E-state index contributed by atoms with van der Waals surface area (Å²) in [5.41, 5.74) is 6.74. The first-order valence-corrected chi connectivity index (χ1v) is 9.51. The Morgan fingerprint density at radius 1 is 1.24 bits per heavy atom. The molecule has 25 heavy (non-hydrogen) atoms. The average molecular weight is 400 g/mol. The van der Waals surface area contributed by atoms with Crippen molar-refractivity contribution in [3.05, 3.63) is 52.2 Å². The van der Waals surface area contributed by atoms with E-state index in [2.05, 4.69) is 15.2 Å². The first kappa shape index (κ1) is 17.8. The molecule has 0 fully saturated rings. The van der Waals surface area contributed by atoms with Gasteiger partial charge in [0.1, 0.15) is 4.90 Å². The fourth-order valence-electron chi connectivity index (χ4n) is 2.05. The van der Waals surface area contributed by atoms with Gasteiger partial charge in [-0.2, -0.15) is 8.42 Å². The summed E-state index contributed by atoms with van der Waals surface area (Å²) in [4.78, 5) is 0.598. The number of hydrogen-bond donors (Lipinski definition) is 3. The molecule has 0 bridgehead atoms. The second-order valence-corrected chi connectivity index (χ2v) is 8.10. The smallest absolute Gasteiger partial charge is 0.285 e. The van der Waals surface area contributed by atoms with Gasteiger partial charge in [-0.15, -0.1) is 4.40 Å². The third-order valence-electron chi connectivity index (χ3n) is 3.31. The molecule has 0 atom stereocenters. The van der Waals surface area contributed by atoms with Crippen LogP contribution >= 0.6 is 23.4 Å². The summed E-state index contributed by atoms with van der Waals surface area (Å²) < 4.78 is 28.3. The maximum Gasteiger partial charge on any atom is 0.285 e. The van der Waals surface area contributed by atoms with Gasteiger partial charge in [-0.1, -0.05) is 11.6 Å². The van der Waals surface area contributed by atoms with Crippen LogP contribution in [0.3, 0.4) is 0 Å². The van der Waals surface area contributed by atoms with E-state index in [1.165, 1.54) is 30.3 Å². The molecule has 2 aromatic carbocycles. The third kappa shape index (κ3) is 3.83. The van der Waals surface area contributed by atoms with Crippen LogP contribution < -0.4 is 16.1 Å². The molecule has 1 aliphatic heterocycles. The van der Waals surface area contributed by atoms with Crippen molar-refractivity contribution in [3.63, 3.8) is 0 Å². The molecule has 0 saturated heterocycles. The lowest BCUT2D eigenvalue weighted by atomic mass is 10.2. The summed E-state index contributed by atoms with van der Waals surface area (Å²) in [6.07, 6.45) is 0. The minimum atomic E-state index is -3.83. The highest BCUT2D eigenvalue weighted by molar-refractivity contribution is 8.15. The first-order valence-electron chi connectivity index (χ1n) is 6.87. The van der Waals surface area contributed by atoms with E-state index in [9.17, 15) is 13.6 Å². The zero-order chi connectivity index (χ0) is 18.2. The minimum absolute atomic E-state index is 0.0662. The van der Waals surface area contributed by atoms with Gasteiger partial charge in [0.05, 0.1) is 11.4 Å². The van der Waals surface area contributed by atoms with Crippen molar-refractivity contribution in [2.45, 2.75) is 16.7 Å². The predicted molar refractivity (Wildman–Crippen MR) is 97.5 cm³/mol. The summed E-state index contributed by atoms with van der Waals surface area (Å²) in [5.74, 6) is 0. The van der Waals surface area contributed by atoms with E-state index in [0.717, 1.165) is 11.8 Å². The lowest BCUT2D eigenvalue weighted by Crippen LogP contribution is -2.29. The van der Waals surface area contributed by atoms with Crippen LogP contribution in [0.1, 0.15) is 5.56 Å². The van der Waals surface area contributed by atoms with Crippen LogP contribution in [0.25, 0.3) is 0 Å². The molecule has 3 rings (SSSR count). The molecule has 0 radical (unpaired) electrons. The maximum atomic E-state index is 12.3. The molecular formula is C14H12ClN4O4S2-. The Labute approximate surface area is 153 Å². The number of anilines is 2. The van der Waals surface area contributed by atoms with E-state index in [0.29, 0.717) is 21.2 Å². The van der Waals surface area contributed by atoms with Crippen LogP contribution in [0.4, 0.5) is 11.4 Å². The van der Waals surface area contributed by atoms with E-state index in [4.69, 9.17) is 16.8 Å². The zero-order valence-corrected chi connectivity index (χ0v) is 15.1. The van der Waals surface area contributed by atoms with Gasteiger partial charge >= 0.3 is 0 Å². The molecule has 132 valence electrons. The fraction of sp³-hybridized carbons (Fsp3) is 0.0714. The number of thioether (sulfide) groups is 1. The quantitative estimate of drug-likeness (QED) is 0.674. The molecule has 0 aromatic heterocycles. The second-order valence-electron chi connectivity index (χ2n) is 5.09. The molecular weight excluding hydrogens is 388 g/mol. The van der Waals surface area contributed by atoms with Crippen LogP contribution in [-0.2, 0) is 10.0 Å². The molecule has 0 aliphatic carbocycles. The van der Waals surface area contributed by atoms with Crippen molar-refractivity contribution < 1.29 is 13.6 Å². The summed E-state index contributed by atoms with van der Waals surface area (Å²) in [6, 6.07) is 8.92. The van der Waals surface area contributed by atoms with E-state index in [1.807, 2.05) is 0 Å². The topological polar surface area (TPSA) is 117 Å². The van der Waals surface area contributed by atoms with Crippen molar-refractivity contribution in [1.29, 1.82) is 0 Å². The SMILES string of the molecule is Cc1cc2c(cc1Cl)SC(NNc1ccc(N([O-])O)cc1)=NS2(=O)=O. The Kier molecular flexibility index (Phi) is 4.80. The number of rotatable bonds is 3. The highest BCUT2D eigenvalue weighted by atomic mass is 35.5. The number of hydrazine groups is 1. The molecule has 8 nitrogen and oxygen atoms in total. The van der Waals surface area contributed by atoms with Gasteiger partial charge in [0.15, 0.2) is 5.17 Å². The number of nitrogens with zero attached hydrogens (tertiary/aromatic N) is 2. The monoisotopic (exact) mass is 399 g/mol. The number of sulfonamides is 1. The van der Waals surface area contributed by atoms with E-state index in [1.54, 1.807) is 13.0 Å². The summed E-state index contributed by atoms with van der Waals surface area (Å²) in [7, 11) is -3.83. The minimum Gasteiger partial charge on any atom is -0.733 e. The van der Waals surface area contributed by atoms with Crippen LogP contribution in [-0.4, -0.2) is 18.8 Å². The number of aryl methyl sites for hydroxylation is 1. The largest absolute Gasteiger partial charge is 0.733 e. The van der Waals surface area contributed by atoms with Gasteiger partial charge in [0, 0.05) is 9.92 Å². The summed E-state index contributed by atoms with van der Waals surface area (Å²) in [5, 5.41) is 19.9. The van der Waals surface area contributed by atoms with E-state index in [-0.39, 0.29) is 21.0 Å². The number of nitrogens with one attached hydrogen (secondary N) is 2. The lowest BCUT2D eigenvalue weighted by molar-refractivity contribution is 0.296. The highest BCUT2D eigenvalue weighted by Gasteiger charge is 2.27. The van der Waals surface area contributed by atoms with E-state index < -0.39 is 10.0 Å². The maximum absolute atomic E-state index is 12.3. The molecule has 0 spiro atoms. The van der Waals surface area contributed by atoms with Crippen molar-refractivity contribution in [2.75, 3.05) is 10.7 Å². The Bertz CT molecular complexity index is 946. The van der Waals surface area contributed by atoms with Gasteiger partial charge in [-0.3, -0.25) is 16.1 Å². The Morgan fingerprint density at radius 3 is 2.56 bits per heavy atom. The lowest BCUT2D eigenvalue weighted by Gasteiger charge is -2.22. The third-order valence-corrected chi connectivity index (χ3v) is 6.23. The molecule has 2 aromatic rings. The molecule has 11 heteroatoms. The Balaban J connectivity index is 1.78. The number of fused-ring (bicyclic) bond motifs is 1. The molecule has 0 saturated carbocycles. The molecule has 1 heterocycles. The fourth-order valence-corrected chi connectivity index (χ4v) is 4.81. The first-order chi connectivity index (χ1) is 11.8. The molecule has 1 aliphatic rings. The van der Waals surface area contributed by atoms with Gasteiger partial charge < -0.3 is 10.4 Å². The number of hydrogen-bond acceptors (Lipinski definition) is 8. The Morgan fingerprint density at radius 2 is 1.92 bits per heavy atom. The molecule has 0 unspecified atom stereocenters. The predicted octanol–water partition coefficient (Wildman–Crippen LogP) is 3.11. The van der Waals surface area contributed by atoms with Crippen molar-refractivity contribution >= 4 is 49.9 Å². The standard InChI is InChI=1S/C14H12ClN4O4S2/c1-8-6-13-12(7-11(8)15)24-14(18-25(13,22)23)17-16-9-2-4-10(5-3-9)19(20)21/h2-7,16,20H,1H3,(H,17,18)/q-1. The second kappa shape index (κ2) is 6.73. The van der Waals surface area contributed by atoms with Crippen molar-refractivity contribution in [3.8, 4) is 0 Å². The average Bonchev–Trinajstić information content (AvgIpc) is 2.55. The molecule has 0 amide bonds. The number of benzene rings is 2. The van der Waals surface area contributed by atoms with Crippen molar-refractivity contribution in [1.82, 2.24) is 5.43 Å². The Hall–Kier alpha value is -1.98. The van der Waals surface area contributed by atoms with Crippen LogP contribution in [0.5, 0.6) is 0 Å². The molecule has 3 N–H and O–H groups in total. The van der Waals surface area contributed by atoms with Gasteiger partial charge in [0.2, 0.25) is 0 Å². The van der Waals surface area contributed by atoms with Crippen molar-refractivity contribution in [2.24, 2.45) is 4.40 Å². The summed E-state index contributed by atoms with van der Waals surface area (Å²) in [6.45, 7) is 1.72. The highest BCUT2D eigenvalue weighted by Crippen LogP contribution is 2.36. The van der Waals surface area contributed by atoms with Gasteiger partial charge in [-0.25, -0.2) is 0 Å². The van der Waals surface area contributed by atoms with Gasteiger partial charge in [0.25, 0.3) is 10.0 Å². The number of halogens is 1. The normalized spacial score (nSPS) is 15.1. The van der Waals surface area contributed by atoms with Gasteiger partial charge in [-0.05, 0) is 60.6 Å². The van der Waals surface area contributed by atoms with E-state index >= 15 is 0 Å². The van der Waals surface area contributed by atoms with Crippen LogP contribution in [0.15, 0.2) is 50.6 Å².